The lowest BCUT2D eigenvalue weighted by Crippen LogP contribution is -2.42. The van der Waals surface area contributed by atoms with E-state index in [9.17, 15) is 4.79 Å². The van der Waals surface area contributed by atoms with Crippen molar-refractivity contribution in [1.82, 2.24) is 10.3 Å². The van der Waals surface area contributed by atoms with Crippen LogP contribution in [0.15, 0.2) is 48.8 Å². The van der Waals surface area contributed by atoms with Crippen LogP contribution < -0.4 is 21.3 Å². The topological polar surface area (TPSA) is 92.5 Å². The Morgan fingerprint density at radius 1 is 1.18 bits per heavy atom. The highest BCUT2D eigenvalue weighted by Crippen LogP contribution is 2.33. The fourth-order valence-electron chi connectivity index (χ4n) is 2.90. The van der Waals surface area contributed by atoms with E-state index < -0.39 is 0 Å². The smallest absolute Gasteiger partial charge is 0.337 e. The third kappa shape index (κ3) is 4.73. The standard InChI is InChI=1S/C21H29N5O2/c1-13(2)18-11-12-19(23-5)20(25-18)26(15(4)24-14(3)22)17-9-7-16(8-10-17)21(27)28-6/h7-13,15,23-24H,3,22H2,1-2,4-6H3. The predicted octanol–water partition coefficient (Wildman–Crippen LogP) is 3.54. The molecule has 0 radical (unpaired) electrons. The first-order valence-electron chi connectivity index (χ1n) is 9.15. The number of hydrogen-bond donors (Lipinski definition) is 3. The van der Waals surface area contributed by atoms with E-state index in [1.165, 1.54) is 7.11 Å². The molecule has 0 aliphatic heterocycles. The Kier molecular flexibility index (Phi) is 6.87. The van der Waals surface area contributed by atoms with E-state index in [1.807, 2.05) is 43.1 Å². The Hall–Kier alpha value is -3.22. The van der Waals surface area contributed by atoms with Crippen molar-refractivity contribution in [2.45, 2.75) is 32.9 Å². The van der Waals surface area contributed by atoms with Gasteiger partial charge in [-0.1, -0.05) is 20.4 Å². The van der Waals surface area contributed by atoms with E-state index in [0.717, 1.165) is 22.9 Å². The molecule has 2 rings (SSSR count). The van der Waals surface area contributed by atoms with Crippen molar-refractivity contribution in [1.29, 1.82) is 0 Å². The molecule has 1 aromatic heterocycles. The first kappa shape index (κ1) is 21.1. The Morgan fingerprint density at radius 3 is 2.32 bits per heavy atom. The molecule has 0 saturated heterocycles. The molecule has 150 valence electrons. The van der Waals surface area contributed by atoms with Crippen molar-refractivity contribution in [3.8, 4) is 0 Å². The molecule has 1 atom stereocenters. The first-order valence-corrected chi connectivity index (χ1v) is 9.15. The van der Waals surface area contributed by atoms with Crippen LogP contribution in [0.4, 0.5) is 17.2 Å². The highest BCUT2D eigenvalue weighted by Gasteiger charge is 2.22. The molecular weight excluding hydrogens is 354 g/mol. The van der Waals surface area contributed by atoms with Gasteiger partial charge in [-0.2, -0.15) is 0 Å². The second kappa shape index (κ2) is 9.12. The van der Waals surface area contributed by atoms with Crippen LogP contribution in [0.3, 0.4) is 0 Å². The number of pyridine rings is 1. The number of rotatable bonds is 8. The number of carbonyl (C=O) groups excluding carboxylic acids is 1. The van der Waals surface area contributed by atoms with Crippen molar-refractivity contribution < 1.29 is 9.53 Å². The first-order chi connectivity index (χ1) is 13.3. The zero-order valence-electron chi connectivity index (χ0n) is 17.1. The molecule has 0 amide bonds. The Morgan fingerprint density at radius 2 is 1.82 bits per heavy atom. The molecular formula is C21H29N5O2. The second-order valence-electron chi connectivity index (χ2n) is 6.77. The van der Waals surface area contributed by atoms with Crippen LogP contribution in [0, 0.1) is 0 Å². The Bertz CT molecular complexity index is 833. The molecule has 0 aliphatic rings. The summed E-state index contributed by atoms with van der Waals surface area (Å²) in [6.07, 6.45) is -0.233. The molecule has 7 nitrogen and oxygen atoms in total. The molecule has 7 heteroatoms. The zero-order valence-corrected chi connectivity index (χ0v) is 17.1. The SMILES string of the molecule is C=C(N)NC(C)N(c1ccc(C(=O)OC)cc1)c1nc(C(C)C)ccc1NC. The number of nitrogens with zero attached hydrogens (tertiary/aromatic N) is 2. The molecule has 1 heterocycles. The molecule has 28 heavy (non-hydrogen) atoms. The van der Waals surface area contributed by atoms with Gasteiger partial charge in [0.05, 0.1) is 24.2 Å². The third-order valence-electron chi connectivity index (χ3n) is 4.33. The van der Waals surface area contributed by atoms with Crippen molar-refractivity contribution in [2.75, 3.05) is 24.4 Å². The normalized spacial score (nSPS) is 11.6. The van der Waals surface area contributed by atoms with Gasteiger partial charge in [-0.3, -0.25) is 0 Å². The molecule has 0 bridgehead atoms. The highest BCUT2D eigenvalue weighted by molar-refractivity contribution is 5.90. The lowest BCUT2D eigenvalue weighted by molar-refractivity contribution is 0.0601. The Labute approximate surface area is 166 Å². The van der Waals surface area contributed by atoms with Gasteiger partial charge in [0.1, 0.15) is 6.17 Å². The number of hydrogen-bond acceptors (Lipinski definition) is 7. The molecule has 0 aliphatic carbocycles. The number of esters is 1. The van der Waals surface area contributed by atoms with Crippen LogP contribution in [0.25, 0.3) is 0 Å². The van der Waals surface area contributed by atoms with Crippen molar-refractivity contribution in [2.24, 2.45) is 5.73 Å². The van der Waals surface area contributed by atoms with E-state index in [4.69, 9.17) is 15.5 Å². The van der Waals surface area contributed by atoms with Gasteiger partial charge in [0, 0.05) is 18.4 Å². The van der Waals surface area contributed by atoms with Gasteiger partial charge in [0.15, 0.2) is 5.82 Å². The minimum atomic E-state index is -0.379. The van der Waals surface area contributed by atoms with Gasteiger partial charge < -0.3 is 26.0 Å². The fraction of sp³-hybridized carbons (Fsp3) is 0.333. The average molecular weight is 383 g/mol. The highest BCUT2D eigenvalue weighted by atomic mass is 16.5. The lowest BCUT2D eigenvalue weighted by Gasteiger charge is -2.33. The average Bonchev–Trinajstić information content (AvgIpc) is 2.67. The Balaban J connectivity index is 2.58. The van der Waals surface area contributed by atoms with Crippen LogP contribution in [0.2, 0.25) is 0 Å². The number of anilines is 3. The minimum Gasteiger partial charge on any atom is -0.465 e. The van der Waals surface area contributed by atoms with Crippen molar-refractivity contribution in [3.05, 3.63) is 60.1 Å². The van der Waals surface area contributed by atoms with Crippen LogP contribution >= 0.6 is 0 Å². The summed E-state index contributed by atoms with van der Waals surface area (Å²) < 4.78 is 4.78. The molecule has 2 aromatic rings. The number of nitrogens with one attached hydrogen (secondary N) is 2. The van der Waals surface area contributed by atoms with Crippen LogP contribution in [-0.2, 0) is 4.74 Å². The lowest BCUT2D eigenvalue weighted by atomic mass is 10.1. The van der Waals surface area contributed by atoms with Crippen molar-refractivity contribution in [3.63, 3.8) is 0 Å². The largest absolute Gasteiger partial charge is 0.465 e. The molecule has 1 unspecified atom stereocenters. The summed E-state index contributed by atoms with van der Waals surface area (Å²) in [5, 5.41) is 6.34. The van der Waals surface area contributed by atoms with E-state index in [0.29, 0.717) is 11.4 Å². The minimum absolute atomic E-state index is 0.233. The van der Waals surface area contributed by atoms with E-state index >= 15 is 0 Å². The summed E-state index contributed by atoms with van der Waals surface area (Å²) in [5.41, 5.74) is 8.96. The number of methoxy groups -OCH3 is 1. The number of aromatic nitrogens is 1. The maximum atomic E-state index is 11.8. The van der Waals surface area contributed by atoms with Gasteiger partial charge in [-0.15, -0.1) is 0 Å². The molecule has 0 saturated carbocycles. The molecule has 4 N–H and O–H groups in total. The van der Waals surface area contributed by atoms with Crippen LogP contribution in [0.1, 0.15) is 42.7 Å². The maximum Gasteiger partial charge on any atom is 0.337 e. The predicted molar refractivity (Wildman–Crippen MR) is 114 cm³/mol. The maximum absolute atomic E-state index is 11.8. The van der Waals surface area contributed by atoms with Gasteiger partial charge in [0.2, 0.25) is 0 Å². The van der Waals surface area contributed by atoms with Gasteiger partial charge in [-0.25, -0.2) is 9.78 Å². The number of ether oxygens (including phenoxy) is 1. The van der Waals surface area contributed by atoms with Gasteiger partial charge >= 0.3 is 5.97 Å². The fourth-order valence-corrected chi connectivity index (χ4v) is 2.90. The van der Waals surface area contributed by atoms with Crippen molar-refractivity contribution >= 4 is 23.2 Å². The quantitative estimate of drug-likeness (QED) is 0.474. The summed E-state index contributed by atoms with van der Waals surface area (Å²) in [6.45, 7) is 9.91. The molecule has 0 spiro atoms. The van der Waals surface area contributed by atoms with E-state index in [1.54, 1.807) is 12.1 Å². The van der Waals surface area contributed by atoms with Crippen LogP contribution in [0.5, 0.6) is 0 Å². The number of benzene rings is 1. The number of nitrogens with two attached hydrogens (primary N) is 1. The summed E-state index contributed by atoms with van der Waals surface area (Å²) in [7, 11) is 3.22. The molecule has 1 aromatic carbocycles. The summed E-state index contributed by atoms with van der Waals surface area (Å²) in [5.74, 6) is 1.01. The van der Waals surface area contributed by atoms with E-state index in [-0.39, 0.29) is 18.1 Å². The van der Waals surface area contributed by atoms with Crippen LogP contribution in [-0.4, -0.2) is 31.3 Å². The van der Waals surface area contributed by atoms with E-state index in [2.05, 4.69) is 31.1 Å². The number of carbonyl (C=O) groups is 1. The van der Waals surface area contributed by atoms with Gasteiger partial charge in [-0.05, 0) is 49.2 Å². The zero-order chi connectivity index (χ0) is 20.8. The second-order valence-corrected chi connectivity index (χ2v) is 6.77. The third-order valence-corrected chi connectivity index (χ3v) is 4.33. The summed E-state index contributed by atoms with van der Waals surface area (Å²) in [6, 6.07) is 11.2. The van der Waals surface area contributed by atoms with Gasteiger partial charge in [0.25, 0.3) is 0 Å². The molecule has 0 fully saturated rings. The summed E-state index contributed by atoms with van der Waals surface area (Å²) in [4.78, 5) is 18.7. The summed E-state index contributed by atoms with van der Waals surface area (Å²) >= 11 is 0. The monoisotopic (exact) mass is 383 g/mol.